The highest BCUT2D eigenvalue weighted by Gasteiger charge is 2.12. The summed E-state index contributed by atoms with van der Waals surface area (Å²) in [6, 6.07) is 10.2. The second-order valence-electron chi connectivity index (χ2n) is 3.48. The van der Waals surface area contributed by atoms with E-state index >= 15 is 0 Å². The van der Waals surface area contributed by atoms with Crippen LogP contribution in [0.3, 0.4) is 0 Å². The molecule has 4 heteroatoms. The van der Waals surface area contributed by atoms with Gasteiger partial charge >= 0.3 is 0 Å². The van der Waals surface area contributed by atoms with Crippen LogP contribution in [0.1, 0.15) is 5.69 Å². The van der Waals surface area contributed by atoms with Crippen molar-refractivity contribution in [3.63, 3.8) is 0 Å². The Bertz CT molecular complexity index is 453. The molecule has 0 bridgehead atoms. The fourth-order valence-electron chi connectivity index (χ4n) is 1.64. The first-order valence-corrected chi connectivity index (χ1v) is 5.89. The lowest BCUT2D eigenvalue weighted by molar-refractivity contribution is 0.201. The Morgan fingerprint density at radius 2 is 2.06 bits per heavy atom. The maximum Gasteiger partial charge on any atom is 0.136 e. The van der Waals surface area contributed by atoms with Crippen molar-refractivity contribution in [2.24, 2.45) is 0 Å². The summed E-state index contributed by atoms with van der Waals surface area (Å²) in [6.07, 6.45) is 0.833. The second-order valence-corrected chi connectivity index (χ2v) is 4.23. The fraction of sp³-hybridized carbons (Fsp3) is 0.250. The number of H-pyrrole nitrogens is 1. The zero-order valence-electron chi connectivity index (χ0n) is 9.03. The molecule has 0 aliphatic heterocycles. The van der Waals surface area contributed by atoms with E-state index in [-0.39, 0.29) is 0 Å². The van der Waals surface area contributed by atoms with Gasteiger partial charge < -0.3 is 4.74 Å². The lowest BCUT2D eigenvalue weighted by atomic mass is 10.1. The SMILES string of the molecule is COCCc1[nH]nc(Br)c1-c1ccccc1. The van der Waals surface area contributed by atoms with Crippen molar-refractivity contribution in [3.8, 4) is 11.1 Å². The molecule has 16 heavy (non-hydrogen) atoms. The Labute approximate surface area is 103 Å². The second kappa shape index (κ2) is 5.27. The Morgan fingerprint density at radius 1 is 1.31 bits per heavy atom. The van der Waals surface area contributed by atoms with E-state index in [4.69, 9.17) is 4.74 Å². The third kappa shape index (κ3) is 2.33. The van der Waals surface area contributed by atoms with Crippen LogP contribution < -0.4 is 0 Å². The number of nitrogens with zero attached hydrogens (tertiary/aromatic N) is 1. The Kier molecular flexibility index (Phi) is 3.74. The normalized spacial score (nSPS) is 10.6. The van der Waals surface area contributed by atoms with Crippen molar-refractivity contribution in [3.05, 3.63) is 40.6 Å². The molecule has 0 fully saturated rings. The van der Waals surface area contributed by atoms with Gasteiger partial charge in [-0.05, 0) is 21.5 Å². The summed E-state index contributed by atoms with van der Waals surface area (Å²) >= 11 is 3.46. The topological polar surface area (TPSA) is 37.9 Å². The zero-order chi connectivity index (χ0) is 11.4. The molecule has 1 heterocycles. The molecule has 2 rings (SSSR count). The van der Waals surface area contributed by atoms with Gasteiger partial charge in [-0.3, -0.25) is 5.10 Å². The summed E-state index contributed by atoms with van der Waals surface area (Å²) in [6.45, 7) is 0.689. The van der Waals surface area contributed by atoms with Gasteiger partial charge in [0.1, 0.15) is 4.60 Å². The lowest BCUT2D eigenvalue weighted by Crippen LogP contribution is -1.96. The van der Waals surface area contributed by atoms with Gasteiger partial charge in [-0.25, -0.2) is 0 Å². The maximum atomic E-state index is 5.08. The highest BCUT2D eigenvalue weighted by atomic mass is 79.9. The molecule has 0 spiro atoms. The molecule has 1 aromatic carbocycles. The molecular formula is C12H13BrN2O. The van der Waals surface area contributed by atoms with Crippen LogP contribution in [0, 0.1) is 0 Å². The average molecular weight is 281 g/mol. The molecule has 2 aromatic rings. The quantitative estimate of drug-likeness (QED) is 0.935. The summed E-state index contributed by atoms with van der Waals surface area (Å²) in [5.41, 5.74) is 3.38. The van der Waals surface area contributed by atoms with Gasteiger partial charge in [-0.15, -0.1) is 0 Å². The molecule has 0 saturated carbocycles. The van der Waals surface area contributed by atoms with Gasteiger partial charge in [-0.1, -0.05) is 30.3 Å². The maximum absolute atomic E-state index is 5.08. The van der Waals surface area contributed by atoms with Gasteiger partial charge in [0, 0.05) is 24.8 Å². The van der Waals surface area contributed by atoms with E-state index in [0.29, 0.717) is 6.61 Å². The Hall–Kier alpha value is -1.13. The number of aromatic nitrogens is 2. The van der Waals surface area contributed by atoms with E-state index in [2.05, 4.69) is 38.3 Å². The summed E-state index contributed by atoms with van der Waals surface area (Å²) < 4.78 is 5.93. The molecule has 0 unspecified atom stereocenters. The van der Waals surface area contributed by atoms with Crippen LogP contribution >= 0.6 is 15.9 Å². The number of benzene rings is 1. The van der Waals surface area contributed by atoms with Gasteiger partial charge in [-0.2, -0.15) is 5.10 Å². The first-order chi connectivity index (χ1) is 7.83. The van der Waals surface area contributed by atoms with E-state index < -0.39 is 0 Å². The van der Waals surface area contributed by atoms with Gasteiger partial charge in [0.05, 0.1) is 6.61 Å². The minimum absolute atomic E-state index is 0.689. The number of halogens is 1. The minimum atomic E-state index is 0.689. The molecule has 0 aliphatic rings. The lowest BCUT2D eigenvalue weighted by Gasteiger charge is -2.03. The highest BCUT2D eigenvalue weighted by Crippen LogP contribution is 2.29. The van der Waals surface area contributed by atoms with Crippen LogP contribution in [0.4, 0.5) is 0 Å². The third-order valence-corrected chi connectivity index (χ3v) is 2.99. The molecular weight excluding hydrogens is 268 g/mol. The fourth-order valence-corrected chi connectivity index (χ4v) is 2.19. The predicted molar refractivity (Wildman–Crippen MR) is 67.3 cm³/mol. The van der Waals surface area contributed by atoms with Gasteiger partial charge in [0.2, 0.25) is 0 Å². The number of methoxy groups -OCH3 is 1. The van der Waals surface area contributed by atoms with Crippen molar-refractivity contribution in [1.29, 1.82) is 0 Å². The van der Waals surface area contributed by atoms with Crippen molar-refractivity contribution < 1.29 is 4.74 Å². The summed E-state index contributed by atoms with van der Waals surface area (Å²) in [4.78, 5) is 0. The van der Waals surface area contributed by atoms with E-state index in [1.807, 2.05) is 18.2 Å². The largest absolute Gasteiger partial charge is 0.384 e. The van der Waals surface area contributed by atoms with Crippen molar-refractivity contribution in [2.75, 3.05) is 13.7 Å². The highest BCUT2D eigenvalue weighted by molar-refractivity contribution is 9.10. The minimum Gasteiger partial charge on any atom is -0.384 e. The van der Waals surface area contributed by atoms with Crippen LogP contribution in [0.15, 0.2) is 34.9 Å². The van der Waals surface area contributed by atoms with Crippen LogP contribution in [0.5, 0.6) is 0 Å². The molecule has 3 nitrogen and oxygen atoms in total. The van der Waals surface area contributed by atoms with Crippen LogP contribution in [-0.4, -0.2) is 23.9 Å². The predicted octanol–water partition coefficient (Wildman–Crippen LogP) is 3.03. The third-order valence-electron chi connectivity index (χ3n) is 2.42. The van der Waals surface area contributed by atoms with Crippen molar-refractivity contribution in [1.82, 2.24) is 10.2 Å². The van der Waals surface area contributed by atoms with Crippen LogP contribution in [-0.2, 0) is 11.2 Å². The summed E-state index contributed by atoms with van der Waals surface area (Å²) in [5.74, 6) is 0. The molecule has 84 valence electrons. The van der Waals surface area contributed by atoms with E-state index in [0.717, 1.165) is 27.8 Å². The standard InChI is InChI=1S/C12H13BrN2O/c1-16-8-7-10-11(12(13)15-14-10)9-5-3-2-4-6-9/h2-6H,7-8H2,1H3,(H,14,15). The number of aromatic amines is 1. The number of hydrogen-bond donors (Lipinski definition) is 1. The smallest absolute Gasteiger partial charge is 0.136 e. The van der Waals surface area contributed by atoms with Crippen molar-refractivity contribution in [2.45, 2.75) is 6.42 Å². The van der Waals surface area contributed by atoms with Crippen LogP contribution in [0.2, 0.25) is 0 Å². The van der Waals surface area contributed by atoms with Crippen molar-refractivity contribution >= 4 is 15.9 Å². The summed E-state index contributed by atoms with van der Waals surface area (Å²) in [7, 11) is 1.70. The molecule has 1 N–H and O–H groups in total. The first kappa shape index (κ1) is 11.4. The van der Waals surface area contributed by atoms with E-state index in [1.165, 1.54) is 0 Å². The van der Waals surface area contributed by atoms with Crippen LogP contribution in [0.25, 0.3) is 11.1 Å². The van der Waals surface area contributed by atoms with Gasteiger partial charge in [0.15, 0.2) is 0 Å². The Balaban J connectivity index is 2.35. The average Bonchev–Trinajstić information content (AvgIpc) is 2.69. The number of ether oxygens (including phenoxy) is 1. The molecule has 0 radical (unpaired) electrons. The monoisotopic (exact) mass is 280 g/mol. The molecule has 0 amide bonds. The van der Waals surface area contributed by atoms with E-state index in [9.17, 15) is 0 Å². The Morgan fingerprint density at radius 3 is 2.75 bits per heavy atom. The number of nitrogens with one attached hydrogen (secondary N) is 1. The molecule has 1 aromatic heterocycles. The summed E-state index contributed by atoms with van der Waals surface area (Å²) in [5, 5.41) is 7.21. The van der Waals surface area contributed by atoms with E-state index in [1.54, 1.807) is 7.11 Å². The van der Waals surface area contributed by atoms with Gasteiger partial charge in [0.25, 0.3) is 0 Å². The first-order valence-electron chi connectivity index (χ1n) is 5.10. The number of rotatable bonds is 4. The zero-order valence-corrected chi connectivity index (χ0v) is 10.6. The molecule has 0 atom stereocenters. The molecule has 0 saturated heterocycles. The molecule has 0 aliphatic carbocycles. The number of hydrogen-bond acceptors (Lipinski definition) is 2.